The molecule has 0 spiro atoms. The normalized spacial score (nSPS) is 11.8. The maximum absolute atomic E-state index is 13.7. The highest BCUT2D eigenvalue weighted by Crippen LogP contribution is 2.25. The summed E-state index contributed by atoms with van der Waals surface area (Å²) in [5.74, 6) is -2.52. The van der Waals surface area contributed by atoms with E-state index in [0.29, 0.717) is 0 Å². The Morgan fingerprint density at radius 2 is 1.85 bits per heavy atom. The van der Waals surface area contributed by atoms with E-state index in [2.05, 4.69) is 5.32 Å². The average molecular weight is 276 g/mol. The van der Waals surface area contributed by atoms with Crippen LogP contribution in [0.5, 0.6) is 0 Å². The highest BCUT2D eigenvalue weighted by Gasteiger charge is 2.15. The number of nitrogens with one attached hydrogen (secondary N) is 1. The predicted molar refractivity (Wildman–Crippen MR) is 69.5 cm³/mol. The van der Waals surface area contributed by atoms with Crippen LogP contribution in [0.2, 0.25) is 0 Å². The number of rotatable bonds is 3. The van der Waals surface area contributed by atoms with Crippen LogP contribution in [-0.2, 0) is 0 Å². The molecule has 0 bridgehead atoms. The Morgan fingerprint density at radius 3 is 2.50 bits per heavy atom. The first-order valence-corrected chi connectivity index (χ1v) is 5.93. The summed E-state index contributed by atoms with van der Waals surface area (Å²) in [5, 5.41) is 11.4. The molecule has 20 heavy (non-hydrogen) atoms. The zero-order valence-electron chi connectivity index (χ0n) is 10.6. The van der Waals surface area contributed by atoms with Crippen molar-refractivity contribution in [3.8, 4) is 6.07 Å². The van der Waals surface area contributed by atoms with Gasteiger partial charge in [0.2, 0.25) is 0 Å². The summed E-state index contributed by atoms with van der Waals surface area (Å²) in [7, 11) is 0. The highest BCUT2D eigenvalue weighted by molar-refractivity contribution is 5.50. The third-order valence-electron chi connectivity index (χ3n) is 2.92. The van der Waals surface area contributed by atoms with E-state index in [1.807, 2.05) is 6.07 Å². The number of nitriles is 1. The fourth-order valence-electron chi connectivity index (χ4n) is 1.87. The standard InChI is InChI=1S/C15H11F3N2/c1-9(11-3-2-4-12(16)15(11)18)20-14-6-5-10(8-19)7-13(14)17/h2-7,9,20H,1H3. The zero-order chi connectivity index (χ0) is 14.7. The van der Waals surface area contributed by atoms with Gasteiger partial charge in [0.1, 0.15) is 5.82 Å². The van der Waals surface area contributed by atoms with Gasteiger partial charge in [-0.1, -0.05) is 12.1 Å². The molecule has 2 aromatic carbocycles. The molecule has 0 aromatic heterocycles. The van der Waals surface area contributed by atoms with Gasteiger partial charge in [-0.15, -0.1) is 0 Å². The Balaban J connectivity index is 2.26. The summed E-state index contributed by atoms with van der Waals surface area (Å²) in [6.45, 7) is 1.59. The Kier molecular flexibility index (Phi) is 3.94. The van der Waals surface area contributed by atoms with Gasteiger partial charge in [-0.25, -0.2) is 13.2 Å². The van der Waals surface area contributed by atoms with Crippen LogP contribution in [0.4, 0.5) is 18.9 Å². The maximum Gasteiger partial charge on any atom is 0.164 e. The molecular formula is C15H11F3N2. The smallest absolute Gasteiger partial charge is 0.164 e. The quantitative estimate of drug-likeness (QED) is 0.914. The predicted octanol–water partition coefficient (Wildman–Crippen LogP) is 4.15. The van der Waals surface area contributed by atoms with Gasteiger partial charge in [0.25, 0.3) is 0 Å². The first-order chi connectivity index (χ1) is 9.52. The van der Waals surface area contributed by atoms with Gasteiger partial charge in [-0.05, 0) is 31.2 Å². The molecule has 0 aliphatic carbocycles. The molecule has 1 N–H and O–H groups in total. The Morgan fingerprint density at radius 1 is 1.10 bits per heavy atom. The van der Waals surface area contributed by atoms with Crippen molar-refractivity contribution in [3.05, 3.63) is 65.0 Å². The van der Waals surface area contributed by atoms with Gasteiger partial charge in [-0.3, -0.25) is 0 Å². The number of hydrogen-bond acceptors (Lipinski definition) is 2. The van der Waals surface area contributed by atoms with E-state index in [1.165, 1.54) is 24.3 Å². The van der Waals surface area contributed by atoms with Crippen molar-refractivity contribution < 1.29 is 13.2 Å². The lowest BCUT2D eigenvalue weighted by atomic mass is 10.1. The van der Waals surface area contributed by atoms with Crippen molar-refractivity contribution in [2.75, 3.05) is 5.32 Å². The van der Waals surface area contributed by atoms with Crippen molar-refractivity contribution in [3.63, 3.8) is 0 Å². The lowest BCUT2D eigenvalue weighted by Gasteiger charge is -2.17. The molecule has 2 nitrogen and oxygen atoms in total. The molecule has 5 heteroatoms. The third-order valence-corrected chi connectivity index (χ3v) is 2.92. The number of anilines is 1. The van der Waals surface area contributed by atoms with E-state index >= 15 is 0 Å². The summed E-state index contributed by atoms with van der Waals surface area (Å²) in [6.07, 6.45) is 0. The molecular weight excluding hydrogens is 265 g/mol. The lowest BCUT2D eigenvalue weighted by Crippen LogP contribution is -2.10. The number of nitrogens with zero attached hydrogens (tertiary/aromatic N) is 1. The van der Waals surface area contributed by atoms with Gasteiger partial charge in [0.15, 0.2) is 11.6 Å². The highest BCUT2D eigenvalue weighted by atomic mass is 19.2. The van der Waals surface area contributed by atoms with Crippen LogP contribution in [0.3, 0.4) is 0 Å². The first-order valence-electron chi connectivity index (χ1n) is 5.93. The SMILES string of the molecule is CC(Nc1ccc(C#N)cc1F)c1cccc(F)c1F. The van der Waals surface area contributed by atoms with Gasteiger partial charge in [0.05, 0.1) is 23.4 Å². The summed E-state index contributed by atoms with van der Waals surface area (Å²) >= 11 is 0. The Labute approximate surface area is 114 Å². The Bertz CT molecular complexity index is 677. The van der Waals surface area contributed by atoms with Crippen LogP contribution in [0.1, 0.15) is 24.1 Å². The topological polar surface area (TPSA) is 35.8 Å². The molecule has 2 aromatic rings. The molecule has 1 atom stereocenters. The molecule has 2 rings (SSSR count). The Hall–Kier alpha value is -2.48. The fraction of sp³-hybridized carbons (Fsp3) is 0.133. The minimum atomic E-state index is -0.957. The molecule has 0 amide bonds. The van der Waals surface area contributed by atoms with E-state index in [4.69, 9.17) is 5.26 Å². The van der Waals surface area contributed by atoms with Crippen LogP contribution in [0, 0.1) is 28.8 Å². The van der Waals surface area contributed by atoms with E-state index in [1.54, 1.807) is 6.92 Å². The van der Waals surface area contributed by atoms with Crippen molar-refractivity contribution in [1.82, 2.24) is 0 Å². The molecule has 0 aliphatic rings. The van der Waals surface area contributed by atoms with Gasteiger partial charge in [0, 0.05) is 5.56 Å². The minimum absolute atomic E-state index is 0.105. The fourth-order valence-corrected chi connectivity index (χ4v) is 1.87. The van der Waals surface area contributed by atoms with E-state index in [0.717, 1.165) is 12.1 Å². The summed E-state index contributed by atoms with van der Waals surface area (Å²) in [5.41, 5.74) is 0.423. The summed E-state index contributed by atoms with van der Waals surface area (Å²) < 4.78 is 40.5. The number of halogens is 3. The minimum Gasteiger partial charge on any atom is -0.376 e. The third kappa shape index (κ3) is 2.75. The van der Waals surface area contributed by atoms with Gasteiger partial charge in [-0.2, -0.15) is 5.26 Å². The molecule has 0 heterocycles. The molecule has 0 fully saturated rings. The largest absolute Gasteiger partial charge is 0.376 e. The van der Waals surface area contributed by atoms with Gasteiger partial charge < -0.3 is 5.32 Å². The van der Waals surface area contributed by atoms with Crippen LogP contribution in [-0.4, -0.2) is 0 Å². The monoisotopic (exact) mass is 276 g/mol. The molecule has 0 saturated carbocycles. The van der Waals surface area contributed by atoms with Crippen molar-refractivity contribution in [2.45, 2.75) is 13.0 Å². The second-order valence-corrected chi connectivity index (χ2v) is 4.32. The van der Waals surface area contributed by atoms with Crippen LogP contribution < -0.4 is 5.32 Å². The molecule has 0 saturated heterocycles. The zero-order valence-corrected chi connectivity index (χ0v) is 10.6. The maximum atomic E-state index is 13.7. The average Bonchev–Trinajstić information content (AvgIpc) is 2.44. The molecule has 102 valence electrons. The summed E-state index contributed by atoms with van der Waals surface area (Å²) in [4.78, 5) is 0. The lowest BCUT2D eigenvalue weighted by molar-refractivity contribution is 0.494. The number of benzene rings is 2. The van der Waals surface area contributed by atoms with E-state index < -0.39 is 23.5 Å². The van der Waals surface area contributed by atoms with Crippen molar-refractivity contribution >= 4 is 5.69 Å². The molecule has 0 aliphatic heterocycles. The van der Waals surface area contributed by atoms with Crippen LogP contribution in [0.25, 0.3) is 0 Å². The van der Waals surface area contributed by atoms with E-state index in [-0.39, 0.29) is 16.8 Å². The van der Waals surface area contributed by atoms with Crippen LogP contribution in [0.15, 0.2) is 36.4 Å². The molecule has 1 unspecified atom stereocenters. The first kappa shape index (κ1) is 13.9. The van der Waals surface area contributed by atoms with Crippen molar-refractivity contribution in [2.24, 2.45) is 0 Å². The second kappa shape index (κ2) is 5.66. The van der Waals surface area contributed by atoms with Crippen LogP contribution >= 0.6 is 0 Å². The second-order valence-electron chi connectivity index (χ2n) is 4.32. The molecule has 0 radical (unpaired) electrons. The van der Waals surface area contributed by atoms with E-state index in [9.17, 15) is 13.2 Å². The van der Waals surface area contributed by atoms with Gasteiger partial charge >= 0.3 is 0 Å². The van der Waals surface area contributed by atoms with Crippen molar-refractivity contribution in [1.29, 1.82) is 5.26 Å². The number of hydrogen-bond donors (Lipinski definition) is 1. The summed E-state index contributed by atoms with van der Waals surface area (Å²) in [6, 6.07) is 8.96.